The van der Waals surface area contributed by atoms with E-state index >= 15 is 0 Å². The Morgan fingerprint density at radius 3 is 1.75 bits per heavy atom. The van der Waals surface area contributed by atoms with E-state index in [-0.39, 0.29) is 0 Å². The third-order valence-electron chi connectivity index (χ3n) is 0.407. The second-order valence-electron chi connectivity index (χ2n) is 0.910. The van der Waals surface area contributed by atoms with Crippen LogP contribution in [0.1, 0.15) is 0 Å². The van der Waals surface area contributed by atoms with Gasteiger partial charge in [-0.2, -0.15) is 0 Å². The Labute approximate surface area is 62.5 Å². The van der Waals surface area contributed by atoms with Crippen molar-refractivity contribution in [3.63, 3.8) is 0 Å². The van der Waals surface area contributed by atoms with Crippen molar-refractivity contribution >= 4 is 37.8 Å². The Balaban J connectivity index is 3.66. The van der Waals surface area contributed by atoms with Crippen molar-refractivity contribution in [3.05, 3.63) is 20.8 Å². The molecule has 0 spiro atoms. The molecule has 0 bridgehead atoms. The minimum absolute atomic E-state index is 1.24. The van der Waals surface area contributed by atoms with Crippen molar-refractivity contribution in [3.8, 4) is 0 Å². The third kappa shape index (κ3) is 4.57. The number of hydrogen-bond donors (Lipinski definition) is 0. The molecule has 0 unspecified atom stereocenters. The molecule has 0 rings (SSSR count). The van der Waals surface area contributed by atoms with Crippen LogP contribution >= 0.6 is 23.2 Å². The van der Waals surface area contributed by atoms with Gasteiger partial charge in [-0.15, -0.1) is 0 Å². The Hall–Kier alpha value is 0.418. The third-order valence-corrected chi connectivity index (χ3v) is 3.28. The van der Waals surface area contributed by atoms with Gasteiger partial charge in [-0.25, -0.2) is 0 Å². The van der Waals surface area contributed by atoms with Gasteiger partial charge < -0.3 is 0 Å². The summed E-state index contributed by atoms with van der Waals surface area (Å²) in [5.41, 5.74) is 2.48. The van der Waals surface area contributed by atoms with E-state index in [9.17, 15) is 3.74 Å². The summed E-state index contributed by atoms with van der Waals surface area (Å²) in [6, 6.07) is 0. The minimum atomic E-state index is -2.14. The molecule has 0 aliphatic heterocycles. The molecule has 8 heavy (non-hydrogen) atoms. The molecule has 0 aromatic heterocycles. The van der Waals surface area contributed by atoms with Crippen molar-refractivity contribution < 1.29 is 3.74 Å². The topological polar surface area (TPSA) is 17.1 Å². The summed E-state index contributed by atoms with van der Waals surface area (Å²) >= 11 is 8.09. The van der Waals surface area contributed by atoms with Crippen LogP contribution in [0.2, 0.25) is 0 Å². The van der Waals surface area contributed by atoms with E-state index in [0.717, 1.165) is 0 Å². The number of halogens is 2. The number of rotatable bonds is 2. The van der Waals surface area contributed by atoms with Crippen LogP contribution in [-0.2, 0) is 3.74 Å². The average Bonchev–Trinajstić information content (AvgIpc) is 1.68. The zero-order chi connectivity index (χ0) is 6.41. The Morgan fingerprint density at radius 1 is 1.12 bits per heavy atom. The molecule has 0 atom stereocenters. The fraction of sp³-hybridized carbons (Fsp3) is 0. The van der Waals surface area contributed by atoms with E-state index in [2.05, 4.69) is 0 Å². The summed E-state index contributed by atoms with van der Waals surface area (Å²) in [5, 5.41) is 0. The molecule has 0 saturated heterocycles. The van der Waals surface area contributed by atoms with E-state index < -0.39 is 14.6 Å². The predicted octanol–water partition coefficient (Wildman–Crippen LogP) is 1.99. The van der Waals surface area contributed by atoms with E-state index in [1.165, 1.54) is 20.8 Å². The van der Waals surface area contributed by atoms with Gasteiger partial charge in [0.2, 0.25) is 0 Å². The first-order chi connectivity index (χ1) is 3.81. The summed E-state index contributed by atoms with van der Waals surface area (Å²) in [4.78, 5) is 2.88. The van der Waals surface area contributed by atoms with Gasteiger partial charge in [0.25, 0.3) is 0 Å². The maximum absolute atomic E-state index is 10.5. The van der Waals surface area contributed by atoms with E-state index in [1.807, 2.05) is 0 Å². The first kappa shape index (κ1) is 8.42. The molecule has 1 nitrogen and oxygen atoms in total. The summed E-state index contributed by atoms with van der Waals surface area (Å²) in [5.74, 6) is 0. The van der Waals surface area contributed by atoms with Crippen LogP contribution in [0.3, 0.4) is 0 Å². The normalized spacial score (nSPS) is 11.2. The first-order valence-corrected chi connectivity index (χ1v) is 5.61. The monoisotopic (exact) mass is 213 g/mol. The summed E-state index contributed by atoms with van der Waals surface area (Å²) in [6.45, 7) is 0. The Bertz CT molecular complexity index is 116. The van der Waals surface area contributed by atoms with Crippen molar-refractivity contribution in [2.75, 3.05) is 0 Å². The van der Waals surface area contributed by atoms with Crippen LogP contribution in [0.4, 0.5) is 0 Å². The van der Waals surface area contributed by atoms with Crippen molar-refractivity contribution in [2.24, 2.45) is 0 Å². The van der Waals surface area contributed by atoms with Crippen molar-refractivity contribution in [1.29, 1.82) is 0 Å². The summed E-state index contributed by atoms with van der Waals surface area (Å²) in [6.07, 6.45) is 0. The van der Waals surface area contributed by atoms with Crippen LogP contribution in [0.5, 0.6) is 0 Å². The van der Waals surface area contributed by atoms with Crippen LogP contribution in [0.25, 0.3) is 0 Å². The van der Waals surface area contributed by atoms with Gasteiger partial charge in [0, 0.05) is 0 Å². The molecule has 0 aromatic carbocycles. The van der Waals surface area contributed by atoms with Gasteiger partial charge >= 0.3 is 62.3 Å². The van der Waals surface area contributed by atoms with Crippen molar-refractivity contribution in [2.45, 2.75) is 0 Å². The molecular formula is C4H4AsCl2O. The second kappa shape index (κ2) is 5.55. The van der Waals surface area contributed by atoms with Gasteiger partial charge in [-0.1, -0.05) is 0 Å². The zero-order valence-electron chi connectivity index (χ0n) is 3.92. The van der Waals surface area contributed by atoms with Gasteiger partial charge in [-0.05, 0) is 0 Å². The maximum atomic E-state index is 10.5. The summed E-state index contributed by atoms with van der Waals surface area (Å²) in [7, 11) is 0. The van der Waals surface area contributed by atoms with Crippen molar-refractivity contribution in [1.82, 2.24) is 0 Å². The molecule has 0 aliphatic rings. The first-order valence-electron chi connectivity index (χ1n) is 1.80. The molecule has 4 heteroatoms. The molecule has 0 amide bonds. The Morgan fingerprint density at radius 2 is 1.50 bits per heavy atom. The molecule has 0 saturated carbocycles. The van der Waals surface area contributed by atoms with Gasteiger partial charge in [0.1, 0.15) is 0 Å². The van der Waals surface area contributed by atoms with E-state index in [4.69, 9.17) is 23.2 Å². The summed E-state index contributed by atoms with van der Waals surface area (Å²) < 4.78 is 10.5. The van der Waals surface area contributed by atoms with Crippen LogP contribution in [0.15, 0.2) is 20.8 Å². The average molecular weight is 214 g/mol. The molecule has 45 valence electrons. The molecule has 0 fully saturated rings. The van der Waals surface area contributed by atoms with Crippen LogP contribution < -0.4 is 0 Å². The second-order valence-corrected chi connectivity index (χ2v) is 4.18. The standard InChI is InChI=1S/C4H4AsCl2O/c6-3-1-5(8)2-4-7/h1-4H/b3-1+,4-2+. The zero-order valence-corrected chi connectivity index (χ0v) is 7.31. The molecule has 0 aromatic rings. The SMILES string of the molecule is O=[As](/C=C/Cl)/C=C/Cl. The molecule has 1 radical (unpaired) electrons. The molecule has 0 heterocycles. The Kier molecular flexibility index (Phi) is 5.84. The molecule has 0 aliphatic carbocycles. The fourth-order valence-corrected chi connectivity index (χ4v) is 1.99. The van der Waals surface area contributed by atoms with Gasteiger partial charge in [0.05, 0.1) is 0 Å². The fourth-order valence-electron chi connectivity index (χ4n) is 0.161. The van der Waals surface area contributed by atoms with Gasteiger partial charge in [-0.3, -0.25) is 0 Å². The van der Waals surface area contributed by atoms with E-state index in [1.54, 1.807) is 0 Å². The molecule has 0 N–H and O–H groups in total. The predicted molar refractivity (Wildman–Crippen MR) is 36.4 cm³/mol. The van der Waals surface area contributed by atoms with Gasteiger partial charge in [0.15, 0.2) is 0 Å². The van der Waals surface area contributed by atoms with Crippen LogP contribution in [-0.4, -0.2) is 14.6 Å². The molecular weight excluding hydrogens is 210 g/mol. The quantitative estimate of drug-likeness (QED) is 0.642. The van der Waals surface area contributed by atoms with E-state index in [0.29, 0.717) is 0 Å². The van der Waals surface area contributed by atoms with Crippen LogP contribution in [0, 0.1) is 0 Å². The number of hydrogen-bond acceptors (Lipinski definition) is 1.